The lowest BCUT2D eigenvalue weighted by molar-refractivity contribution is -0.152. The van der Waals surface area contributed by atoms with Crippen molar-refractivity contribution in [1.82, 2.24) is 19.8 Å². The van der Waals surface area contributed by atoms with Gasteiger partial charge in [0.15, 0.2) is 0 Å². The fourth-order valence-electron chi connectivity index (χ4n) is 7.78. The van der Waals surface area contributed by atoms with Crippen molar-refractivity contribution in [2.75, 3.05) is 13.7 Å². The molecule has 7 atom stereocenters. The van der Waals surface area contributed by atoms with Gasteiger partial charge in [-0.3, -0.25) is 14.2 Å². The van der Waals surface area contributed by atoms with Gasteiger partial charge < -0.3 is 29.5 Å². The quantitative estimate of drug-likeness (QED) is 0.453. The maximum absolute atomic E-state index is 14.2. The van der Waals surface area contributed by atoms with Gasteiger partial charge in [-0.05, 0) is 67.4 Å². The van der Waals surface area contributed by atoms with Crippen molar-refractivity contribution < 1.29 is 33.7 Å². The zero-order valence-corrected chi connectivity index (χ0v) is 26.5. The Morgan fingerprint density at radius 2 is 1.84 bits per heavy atom. The highest BCUT2D eigenvalue weighted by molar-refractivity contribution is 5.91. The third-order valence-electron chi connectivity index (χ3n) is 10.3. The Kier molecular flexibility index (Phi) is 8.43. The molecule has 0 radical (unpaired) electrons. The molecule has 3 fully saturated rings. The van der Waals surface area contributed by atoms with E-state index in [0.717, 1.165) is 38.5 Å². The van der Waals surface area contributed by atoms with E-state index >= 15 is 0 Å². The minimum Gasteiger partial charge on any atom is -0.508 e. The first-order valence-electron chi connectivity index (χ1n) is 16.2. The molecule has 12 nitrogen and oxygen atoms in total. The molecule has 244 valence electrons. The van der Waals surface area contributed by atoms with Crippen molar-refractivity contribution in [3.8, 4) is 11.8 Å². The number of carbonyl (C=O) groups excluding carboxylic acids is 3. The fourth-order valence-corrected chi connectivity index (χ4v) is 7.78. The highest BCUT2D eigenvalue weighted by Crippen LogP contribution is 2.53. The van der Waals surface area contributed by atoms with Gasteiger partial charge in [-0.25, -0.2) is 9.59 Å². The van der Waals surface area contributed by atoms with E-state index in [1.165, 1.54) is 28.7 Å². The monoisotopic (exact) mass is 624 g/mol. The van der Waals surface area contributed by atoms with Crippen LogP contribution in [0.2, 0.25) is 0 Å². The summed E-state index contributed by atoms with van der Waals surface area (Å²) in [6.07, 6.45) is 5.15. The molecule has 2 bridgehead atoms. The molecule has 1 aromatic carbocycles. The highest BCUT2D eigenvalue weighted by Gasteiger charge is 2.50. The van der Waals surface area contributed by atoms with Gasteiger partial charge in [0.1, 0.15) is 30.0 Å². The van der Waals surface area contributed by atoms with Crippen LogP contribution in [0, 0.1) is 23.2 Å². The Balaban J connectivity index is 1.37. The number of esters is 1. The van der Waals surface area contributed by atoms with Crippen molar-refractivity contribution in [2.24, 2.45) is 23.2 Å². The lowest BCUT2D eigenvalue weighted by Crippen LogP contribution is -2.57. The van der Waals surface area contributed by atoms with Gasteiger partial charge in [-0.1, -0.05) is 33.6 Å². The second-order valence-corrected chi connectivity index (χ2v) is 14.2. The maximum Gasteiger partial charge on any atom is 0.408 e. The molecule has 2 aliphatic carbocycles. The van der Waals surface area contributed by atoms with Gasteiger partial charge in [0, 0.05) is 19.0 Å². The van der Waals surface area contributed by atoms with Crippen molar-refractivity contribution >= 4 is 28.9 Å². The van der Waals surface area contributed by atoms with E-state index in [1.807, 2.05) is 20.8 Å². The van der Waals surface area contributed by atoms with Gasteiger partial charge in [-0.15, -0.1) is 0 Å². The largest absolute Gasteiger partial charge is 0.508 e. The van der Waals surface area contributed by atoms with Crippen LogP contribution < -0.4 is 15.6 Å². The molecule has 3 heterocycles. The SMILES string of the molecule is COC(=O)C1CC2CN1C(=O)C(C(C)(C)C)NC(=O)OC1CC3CCC3C1CCCCCn1c(nc3cc(O)ccc3c1=O)O2. The first-order valence-corrected chi connectivity index (χ1v) is 16.2. The maximum atomic E-state index is 14.2. The molecule has 2 amide bonds. The number of phenols is 1. The number of aromatic nitrogens is 2. The number of rotatable bonds is 1. The third kappa shape index (κ3) is 6.07. The Bertz CT molecular complexity index is 1530. The van der Waals surface area contributed by atoms with Crippen LogP contribution in [0.4, 0.5) is 4.79 Å². The number of nitrogens with zero attached hydrogens (tertiary/aromatic N) is 3. The molecule has 1 saturated heterocycles. The van der Waals surface area contributed by atoms with Crippen LogP contribution in [0.1, 0.15) is 72.1 Å². The number of alkyl carbamates (subject to hydrolysis) is 1. The van der Waals surface area contributed by atoms with Crippen LogP contribution in [0.5, 0.6) is 11.8 Å². The van der Waals surface area contributed by atoms with Crippen LogP contribution in [-0.2, 0) is 25.6 Å². The number of hydrogen-bond acceptors (Lipinski definition) is 9. The van der Waals surface area contributed by atoms with Gasteiger partial charge >= 0.3 is 12.1 Å². The number of ether oxygens (including phenoxy) is 3. The van der Waals surface area contributed by atoms with Crippen LogP contribution in [0.3, 0.4) is 0 Å². The zero-order valence-electron chi connectivity index (χ0n) is 26.5. The van der Waals surface area contributed by atoms with Crippen molar-refractivity contribution in [2.45, 2.75) is 103 Å². The summed E-state index contributed by atoms with van der Waals surface area (Å²) < 4.78 is 19.0. The topological polar surface area (TPSA) is 149 Å². The molecule has 7 unspecified atom stereocenters. The van der Waals surface area contributed by atoms with Gasteiger partial charge in [0.05, 0.1) is 24.6 Å². The molecule has 1 aromatic heterocycles. The molecule has 45 heavy (non-hydrogen) atoms. The molecular formula is C33H44N4O8. The average Bonchev–Trinajstić information content (AvgIpc) is 3.49. The lowest BCUT2D eigenvalue weighted by atomic mass is 9.71. The molecule has 4 aliphatic rings. The summed E-state index contributed by atoms with van der Waals surface area (Å²) in [5.74, 6) is 0.288. The number of aromatic hydroxyl groups is 1. The van der Waals surface area contributed by atoms with E-state index in [4.69, 9.17) is 14.2 Å². The number of fused-ring (bicyclic) bond motifs is 7. The predicted octanol–water partition coefficient (Wildman–Crippen LogP) is 3.75. The Morgan fingerprint density at radius 3 is 2.56 bits per heavy atom. The standard InChI is InChI=1S/C33H44N4O8/c1-33(2,3)27-29(40)37-17-20(16-25(37)30(41)43-4)44-31-34-24-15-19(38)10-12-23(24)28(39)36(31)13-7-5-6-8-22-21-11-9-18(21)14-26(22)45-32(42)35-27/h10,12,15,18,20-22,25-27,38H,5-9,11,13-14,16-17H2,1-4H3,(H,35,42). The van der Waals surface area contributed by atoms with E-state index < -0.39 is 41.6 Å². The number of benzene rings is 1. The van der Waals surface area contributed by atoms with Crippen molar-refractivity contribution in [3.05, 3.63) is 28.6 Å². The first-order chi connectivity index (χ1) is 21.4. The number of hydrogen-bond donors (Lipinski definition) is 2. The van der Waals surface area contributed by atoms with E-state index in [9.17, 15) is 24.3 Å². The zero-order chi connectivity index (χ0) is 32.0. The Morgan fingerprint density at radius 1 is 1.04 bits per heavy atom. The summed E-state index contributed by atoms with van der Waals surface area (Å²) >= 11 is 0. The third-order valence-corrected chi connectivity index (χ3v) is 10.3. The number of nitrogens with one attached hydrogen (secondary N) is 1. The van der Waals surface area contributed by atoms with E-state index in [2.05, 4.69) is 10.3 Å². The minimum atomic E-state index is -0.980. The number of methoxy groups -OCH3 is 1. The minimum absolute atomic E-state index is 0.0178. The second-order valence-electron chi connectivity index (χ2n) is 14.2. The summed E-state index contributed by atoms with van der Waals surface area (Å²) in [6, 6.07) is 2.56. The fraction of sp³-hybridized carbons (Fsp3) is 0.667. The molecule has 2 aromatic rings. The van der Waals surface area contributed by atoms with Gasteiger partial charge in [0.2, 0.25) is 5.91 Å². The molecule has 2 aliphatic heterocycles. The van der Waals surface area contributed by atoms with E-state index in [1.54, 1.807) is 6.07 Å². The predicted molar refractivity (Wildman–Crippen MR) is 164 cm³/mol. The van der Waals surface area contributed by atoms with Crippen LogP contribution in [-0.4, -0.2) is 75.5 Å². The number of phenolic OH excluding ortho intramolecular Hbond substituents is 1. The second kappa shape index (κ2) is 12.2. The van der Waals surface area contributed by atoms with E-state index in [-0.39, 0.29) is 42.3 Å². The summed E-state index contributed by atoms with van der Waals surface area (Å²) in [5, 5.41) is 13.3. The van der Waals surface area contributed by atoms with Crippen LogP contribution in [0.15, 0.2) is 23.0 Å². The molecule has 6 rings (SSSR count). The van der Waals surface area contributed by atoms with Crippen molar-refractivity contribution in [1.29, 1.82) is 0 Å². The van der Waals surface area contributed by atoms with Crippen LogP contribution >= 0.6 is 0 Å². The molecule has 0 spiro atoms. The summed E-state index contributed by atoms with van der Waals surface area (Å²) in [6.45, 7) is 5.95. The molecule has 2 saturated carbocycles. The smallest absolute Gasteiger partial charge is 0.408 e. The molecule has 12 heteroatoms. The molecular weight excluding hydrogens is 580 g/mol. The van der Waals surface area contributed by atoms with Crippen LogP contribution in [0.25, 0.3) is 10.9 Å². The van der Waals surface area contributed by atoms with E-state index in [0.29, 0.717) is 35.7 Å². The summed E-state index contributed by atoms with van der Waals surface area (Å²) in [7, 11) is 1.26. The number of carbonyl (C=O) groups is 3. The normalized spacial score (nSPS) is 30.8. The number of amides is 2. The molecule has 2 N–H and O–H groups in total. The van der Waals surface area contributed by atoms with Crippen molar-refractivity contribution in [3.63, 3.8) is 0 Å². The van der Waals surface area contributed by atoms with Gasteiger partial charge in [0.25, 0.3) is 11.6 Å². The summed E-state index contributed by atoms with van der Waals surface area (Å²) in [4.78, 5) is 60.2. The Hall–Kier alpha value is -3.83. The summed E-state index contributed by atoms with van der Waals surface area (Å²) in [5.41, 5.74) is -0.689. The Labute approximate surface area is 262 Å². The first kappa shape index (κ1) is 31.2. The van der Waals surface area contributed by atoms with Gasteiger partial charge in [-0.2, -0.15) is 4.98 Å². The lowest BCUT2D eigenvalue weighted by Gasteiger charge is -2.35. The average molecular weight is 625 g/mol. The highest BCUT2D eigenvalue weighted by atomic mass is 16.6.